The van der Waals surface area contributed by atoms with Crippen molar-refractivity contribution in [3.8, 4) is 0 Å². The number of thiazole rings is 1. The number of hydrogen-bond acceptors (Lipinski definition) is 4. The lowest BCUT2D eigenvalue weighted by atomic mass is 10.1. The predicted molar refractivity (Wildman–Crippen MR) is 85.7 cm³/mol. The Morgan fingerprint density at radius 2 is 2.18 bits per heavy atom. The molecule has 2 amide bonds. The Balaban J connectivity index is 2.00. The van der Waals surface area contributed by atoms with Gasteiger partial charge < -0.3 is 11.1 Å². The van der Waals surface area contributed by atoms with Crippen LogP contribution in [-0.2, 0) is 0 Å². The number of carbonyl (C=O) groups excluding carboxylic acids is 2. The van der Waals surface area contributed by atoms with Gasteiger partial charge in [0.2, 0.25) is 0 Å². The number of primary amides is 1. The maximum absolute atomic E-state index is 12.5. The van der Waals surface area contributed by atoms with Crippen molar-refractivity contribution < 1.29 is 9.59 Å². The van der Waals surface area contributed by atoms with Crippen LogP contribution in [0.3, 0.4) is 0 Å². The Morgan fingerprint density at radius 1 is 1.41 bits per heavy atom. The zero-order valence-electron chi connectivity index (χ0n) is 11.5. The van der Waals surface area contributed by atoms with Gasteiger partial charge in [0.15, 0.2) is 4.96 Å². The monoisotopic (exact) mass is 334 g/mol. The lowest BCUT2D eigenvalue weighted by molar-refractivity contribution is 0.100. The number of anilines is 1. The number of aromatic nitrogens is 2. The van der Waals surface area contributed by atoms with Crippen LogP contribution in [0.2, 0.25) is 5.02 Å². The number of hydrogen-bond donors (Lipinski definition) is 2. The zero-order chi connectivity index (χ0) is 15.9. The third kappa shape index (κ3) is 2.44. The minimum atomic E-state index is -0.663. The predicted octanol–water partition coefficient (Wildman–Crippen LogP) is 2.71. The molecule has 0 aliphatic rings. The molecule has 1 aromatic carbocycles. The van der Waals surface area contributed by atoms with Gasteiger partial charge in [-0.1, -0.05) is 11.6 Å². The van der Waals surface area contributed by atoms with Gasteiger partial charge in [-0.2, -0.15) is 0 Å². The molecule has 8 heteroatoms. The fraction of sp³-hybridized carbons (Fsp3) is 0.0714. The Bertz CT molecular complexity index is 900. The van der Waals surface area contributed by atoms with Crippen LogP contribution < -0.4 is 11.1 Å². The van der Waals surface area contributed by atoms with E-state index < -0.39 is 5.91 Å². The van der Waals surface area contributed by atoms with E-state index in [1.807, 2.05) is 5.38 Å². The molecule has 0 radical (unpaired) electrons. The summed E-state index contributed by atoms with van der Waals surface area (Å²) in [7, 11) is 0. The van der Waals surface area contributed by atoms with Crippen LogP contribution in [0, 0.1) is 6.92 Å². The number of carbonyl (C=O) groups is 2. The smallest absolute Gasteiger partial charge is 0.274 e. The molecule has 0 fully saturated rings. The van der Waals surface area contributed by atoms with E-state index in [2.05, 4.69) is 10.3 Å². The van der Waals surface area contributed by atoms with Gasteiger partial charge in [0.05, 0.1) is 16.9 Å². The van der Waals surface area contributed by atoms with E-state index in [9.17, 15) is 9.59 Å². The second kappa shape index (κ2) is 5.43. The van der Waals surface area contributed by atoms with Crippen LogP contribution in [-0.4, -0.2) is 21.2 Å². The molecule has 0 saturated heterocycles. The normalized spacial score (nSPS) is 10.8. The van der Waals surface area contributed by atoms with E-state index in [4.69, 9.17) is 17.3 Å². The van der Waals surface area contributed by atoms with Gasteiger partial charge in [-0.05, 0) is 25.1 Å². The average Bonchev–Trinajstić information content (AvgIpc) is 2.99. The number of rotatable bonds is 3. The first-order valence-electron chi connectivity index (χ1n) is 6.30. The van der Waals surface area contributed by atoms with Crippen molar-refractivity contribution in [3.05, 3.63) is 51.7 Å². The third-order valence-electron chi connectivity index (χ3n) is 3.15. The molecule has 0 aliphatic heterocycles. The Morgan fingerprint density at radius 3 is 2.91 bits per heavy atom. The van der Waals surface area contributed by atoms with Crippen molar-refractivity contribution in [3.63, 3.8) is 0 Å². The van der Waals surface area contributed by atoms with Crippen LogP contribution >= 0.6 is 22.9 Å². The van der Waals surface area contributed by atoms with E-state index in [1.165, 1.54) is 17.4 Å². The highest BCUT2D eigenvalue weighted by Gasteiger charge is 2.19. The minimum absolute atomic E-state index is 0.157. The highest BCUT2D eigenvalue weighted by Crippen LogP contribution is 2.22. The average molecular weight is 335 g/mol. The van der Waals surface area contributed by atoms with Crippen LogP contribution in [0.1, 0.15) is 26.5 Å². The summed E-state index contributed by atoms with van der Waals surface area (Å²) in [5.74, 6) is -1.03. The second-order valence-corrected chi connectivity index (χ2v) is 5.92. The van der Waals surface area contributed by atoms with Crippen LogP contribution in [0.5, 0.6) is 0 Å². The maximum atomic E-state index is 12.5. The van der Waals surface area contributed by atoms with Crippen molar-refractivity contribution in [2.24, 2.45) is 5.73 Å². The number of nitrogens with one attached hydrogen (secondary N) is 1. The standard InChI is InChI=1S/C14H11ClN4O2S/c1-7-11(19-4-5-22-14(19)17-7)13(21)18-10-3-2-8(15)6-9(10)12(16)20/h2-6H,1H3,(H2,16,20)(H,18,21). The fourth-order valence-corrected chi connectivity index (χ4v) is 3.11. The second-order valence-electron chi connectivity index (χ2n) is 4.61. The molecule has 0 unspecified atom stereocenters. The summed E-state index contributed by atoms with van der Waals surface area (Å²) in [6.07, 6.45) is 1.77. The molecular weight excluding hydrogens is 324 g/mol. The van der Waals surface area contributed by atoms with Crippen LogP contribution in [0.4, 0.5) is 5.69 Å². The van der Waals surface area contributed by atoms with E-state index in [-0.39, 0.29) is 11.5 Å². The quantitative estimate of drug-likeness (QED) is 0.771. The number of benzene rings is 1. The van der Waals surface area contributed by atoms with Crippen molar-refractivity contribution >= 4 is 45.4 Å². The van der Waals surface area contributed by atoms with Crippen molar-refractivity contribution in [1.29, 1.82) is 0 Å². The topological polar surface area (TPSA) is 89.5 Å². The number of nitrogens with two attached hydrogens (primary N) is 1. The van der Waals surface area contributed by atoms with E-state index in [1.54, 1.807) is 29.7 Å². The number of amides is 2. The summed E-state index contributed by atoms with van der Waals surface area (Å²) in [6, 6.07) is 4.54. The molecule has 0 spiro atoms. The number of imidazole rings is 1. The Labute approximate surface area is 134 Å². The van der Waals surface area contributed by atoms with Crippen molar-refractivity contribution in [1.82, 2.24) is 9.38 Å². The maximum Gasteiger partial charge on any atom is 0.274 e. The Kier molecular flexibility index (Phi) is 3.59. The van der Waals surface area contributed by atoms with Gasteiger partial charge in [-0.3, -0.25) is 14.0 Å². The Hall–Kier alpha value is -2.38. The molecule has 3 rings (SSSR count). The van der Waals surface area contributed by atoms with Gasteiger partial charge >= 0.3 is 0 Å². The largest absolute Gasteiger partial charge is 0.366 e. The van der Waals surface area contributed by atoms with Gasteiger partial charge in [-0.15, -0.1) is 11.3 Å². The van der Waals surface area contributed by atoms with Gasteiger partial charge in [0, 0.05) is 16.6 Å². The number of aryl methyl sites for hydroxylation is 1. The van der Waals surface area contributed by atoms with Gasteiger partial charge in [-0.25, -0.2) is 4.98 Å². The molecule has 112 valence electrons. The molecule has 0 atom stereocenters. The van der Waals surface area contributed by atoms with E-state index in [0.29, 0.717) is 22.1 Å². The summed E-state index contributed by atoms with van der Waals surface area (Å²) < 4.78 is 1.70. The lowest BCUT2D eigenvalue weighted by Gasteiger charge is -2.09. The molecule has 2 aromatic heterocycles. The SMILES string of the molecule is Cc1nc2sccn2c1C(=O)Nc1ccc(Cl)cc1C(N)=O. The number of nitrogens with zero attached hydrogens (tertiary/aromatic N) is 2. The summed E-state index contributed by atoms with van der Waals surface area (Å²) in [4.78, 5) is 29.0. The lowest BCUT2D eigenvalue weighted by Crippen LogP contribution is -2.19. The summed E-state index contributed by atoms with van der Waals surface area (Å²) in [6.45, 7) is 1.76. The van der Waals surface area contributed by atoms with E-state index >= 15 is 0 Å². The number of fused-ring (bicyclic) bond motifs is 1. The molecule has 3 aromatic rings. The molecule has 22 heavy (non-hydrogen) atoms. The zero-order valence-corrected chi connectivity index (χ0v) is 13.0. The first-order valence-corrected chi connectivity index (χ1v) is 7.56. The molecule has 0 aliphatic carbocycles. The molecule has 0 bridgehead atoms. The first-order chi connectivity index (χ1) is 10.5. The summed E-state index contributed by atoms with van der Waals surface area (Å²) in [5.41, 5.74) is 6.81. The highest BCUT2D eigenvalue weighted by atomic mass is 35.5. The molecule has 3 N–H and O–H groups in total. The summed E-state index contributed by atoms with van der Waals surface area (Å²) >= 11 is 7.29. The van der Waals surface area contributed by atoms with Gasteiger partial charge in [0.1, 0.15) is 5.69 Å². The van der Waals surface area contributed by atoms with Crippen molar-refractivity contribution in [2.45, 2.75) is 6.92 Å². The molecule has 0 saturated carbocycles. The molecule has 2 heterocycles. The van der Waals surface area contributed by atoms with Crippen LogP contribution in [0.25, 0.3) is 4.96 Å². The van der Waals surface area contributed by atoms with Crippen molar-refractivity contribution in [2.75, 3.05) is 5.32 Å². The fourth-order valence-electron chi connectivity index (χ4n) is 2.18. The highest BCUT2D eigenvalue weighted by molar-refractivity contribution is 7.15. The van der Waals surface area contributed by atoms with Gasteiger partial charge in [0.25, 0.3) is 11.8 Å². The third-order valence-corrected chi connectivity index (χ3v) is 4.14. The number of halogens is 1. The molecular formula is C14H11ClN4O2S. The molecule has 6 nitrogen and oxygen atoms in total. The first kappa shape index (κ1) is 14.6. The minimum Gasteiger partial charge on any atom is -0.366 e. The van der Waals surface area contributed by atoms with E-state index in [0.717, 1.165) is 4.96 Å². The van der Waals surface area contributed by atoms with Crippen LogP contribution in [0.15, 0.2) is 29.8 Å². The summed E-state index contributed by atoms with van der Waals surface area (Å²) in [5, 5.41) is 4.90.